The van der Waals surface area contributed by atoms with Crippen LogP contribution in [0, 0.1) is 17.8 Å². The largest absolute Gasteiger partial charge is 0.378 e. The van der Waals surface area contributed by atoms with Gasteiger partial charge in [0.2, 0.25) is 5.91 Å². The number of nitrogens with zero attached hydrogens (tertiary/aromatic N) is 1. The molecule has 1 heterocycles. The molecule has 1 aromatic carbocycles. The molecule has 3 aliphatic rings. The molecule has 0 radical (unpaired) electrons. The van der Waals surface area contributed by atoms with Crippen LogP contribution in [-0.4, -0.2) is 47.6 Å². The topological polar surface area (TPSA) is 20.3 Å². The molecular formula is C20H19F8NO. The first kappa shape index (κ1) is 21.4. The van der Waals surface area contributed by atoms with Crippen LogP contribution in [0.4, 0.5) is 35.1 Å². The van der Waals surface area contributed by atoms with Crippen LogP contribution in [0.2, 0.25) is 0 Å². The molecule has 2 aliphatic carbocycles. The van der Waals surface area contributed by atoms with Gasteiger partial charge in [-0.1, -0.05) is 24.3 Å². The summed E-state index contributed by atoms with van der Waals surface area (Å²) in [4.78, 5) is 13.5. The fourth-order valence-electron chi connectivity index (χ4n) is 4.96. The molecular weight excluding hydrogens is 422 g/mol. The van der Waals surface area contributed by atoms with Gasteiger partial charge in [0.05, 0.1) is 11.8 Å². The Morgan fingerprint density at radius 1 is 0.767 bits per heavy atom. The Labute approximate surface area is 167 Å². The summed E-state index contributed by atoms with van der Waals surface area (Å²) in [6.45, 7) is -2.19. The minimum atomic E-state index is -6.21. The van der Waals surface area contributed by atoms with Crippen molar-refractivity contribution < 1.29 is 39.9 Å². The van der Waals surface area contributed by atoms with Crippen LogP contribution in [0.1, 0.15) is 24.0 Å². The molecule has 2 nitrogen and oxygen atoms in total. The number of fused-ring (bicyclic) bond motifs is 2. The first-order valence-corrected chi connectivity index (χ1v) is 9.69. The molecule has 30 heavy (non-hydrogen) atoms. The lowest BCUT2D eigenvalue weighted by molar-refractivity contribution is -0.418. The third-order valence-electron chi connectivity index (χ3n) is 6.79. The number of benzene rings is 1. The van der Waals surface area contributed by atoms with Gasteiger partial charge in [-0.3, -0.25) is 4.79 Å². The first-order valence-electron chi connectivity index (χ1n) is 9.69. The van der Waals surface area contributed by atoms with Crippen molar-refractivity contribution in [1.29, 1.82) is 0 Å². The Morgan fingerprint density at radius 2 is 1.17 bits per heavy atom. The lowest BCUT2D eigenvalue weighted by Gasteiger charge is -2.47. The number of carbonyl (C=O) groups excluding carboxylic acids is 1. The summed E-state index contributed by atoms with van der Waals surface area (Å²) in [5, 5.41) is 0. The van der Waals surface area contributed by atoms with E-state index >= 15 is 0 Å². The number of carbonyl (C=O) groups is 1. The highest BCUT2D eigenvalue weighted by Gasteiger charge is 2.89. The average Bonchev–Trinajstić information content (AvgIpc) is 3.03. The molecule has 1 aliphatic heterocycles. The highest BCUT2D eigenvalue weighted by atomic mass is 19.4. The first-order chi connectivity index (χ1) is 13.8. The number of hydrogen-bond donors (Lipinski definition) is 0. The van der Waals surface area contributed by atoms with Crippen molar-refractivity contribution in [3.63, 3.8) is 0 Å². The van der Waals surface area contributed by atoms with Crippen LogP contribution in [0.25, 0.3) is 0 Å². The van der Waals surface area contributed by atoms with E-state index in [1.165, 1.54) is 0 Å². The Bertz CT molecular complexity index is 794. The number of aryl methyl sites for hydroxylation is 2. The van der Waals surface area contributed by atoms with E-state index in [2.05, 4.69) is 0 Å². The molecule has 1 saturated carbocycles. The molecule has 166 valence electrons. The number of amides is 1. The molecule has 0 aromatic heterocycles. The zero-order valence-corrected chi connectivity index (χ0v) is 15.7. The van der Waals surface area contributed by atoms with E-state index in [9.17, 15) is 39.9 Å². The number of rotatable bonds is 1. The van der Waals surface area contributed by atoms with Gasteiger partial charge in [-0.05, 0) is 36.8 Å². The third kappa shape index (κ3) is 2.70. The normalized spacial score (nSPS) is 31.5. The lowest BCUT2D eigenvalue weighted by Crippen LogP contribution is -2.72. The molecule has 0 N–H and O–H groups in total. The number of likely N-dealkylation sites (tertiary alicyclic amines) is 1. The standard InChI is InChI=1S/C20H19F8NO/c21-17(22)14-9-29(10-15(14)18(23,24)20(27,28)19(17,25)26)16(30)13-7-5-11-3-1-2-4-12(11)6-8-13/h1-4,13-15H,5-10H2. The summed E-state index contributed by atoms with van der Waals surface area (Å²) in [5.41, 5.74) is 2.03. The third-order valence-corrected chi connectivity index (χ3v) is 6.79. The van der Waals surface area contributed by atoms with Crippen molar-refractivity contribution in [3.8, 4) is 0 Å². The zero-order valence-electron chi connectivity index (χ0n) is 15.7. The van der Waals surface area contributed by atoms with E-state index < -0.39 is 60.4 Å². The Morgan fingerprint density at radius 3 is 1.57 bits per heavy atom. The zero-order chi connectivity index (χ0) is 22.1. The summed E-state index contributed by atoms with van der Waals surface area (Å²) in [5.74, 6) is -30.0. The van der Waals surface area contributed by atoms with E-state index in [1.54, 1.807) is 0 Å². The van der Waals surface area contributed by atoms with E-state index in [0.29, 0.717) is 30.6 Å². The second kappa shape index (κ2) is 6.56. The van der Waals surface area contributed by atoms with Crippen molar-refractivity contribution in [3.05, 3.63) is 35.4 Å². The average molecular weight is 441 g/mol. The van der Waals surface area contributed by atoms with Crippen LogP contribution in [0.15, 0.2) is 24.3 Å². The Hall–Kier alpha value is -1.87. The summed E-state index contributed by atoms with van der Waals surface area (Å²) in [7, 11) is 0. The maximum atomic E-state index is 14.2. The SMILES string of the molecule is O=C(C1CCc2ccccc2CC1)N1CC2C(C1)C(F)(F)C(F)(F)C(F)(F)C2(F)F. The lowest BCUT2D eigenvalue weighted by atomic mass is 9.71. The van der Waals surface area contributed by atoms with Gasteiger partial charge in [0, 0.05) is 19.0 Å². The molecule has 2 fully saturated rings. The maximum Gasteiger partial charge on any atom is 0.378 e. The summed E-state index contributed by atoms with van der Waals surface area (Å²) in [6, 6.07) is 7.43. The maximum absolute atomic E-state index is 14.2. The Kier molecular flexibility index (Phi) is 4.67. The van der Waals surface area contributed by atoms with Gasteiger partial charge in [-0.25, -0.2) is 0 Å². The van der Waals surface area contributed by atoms with E-state index in [1.807, 2.05) is 24.3 Å². The van der Waals surface area contributed by atoms with Gasteiger partial charge in [0.25, 0.3) is 0 Å². The van der Waals surface area contributed by atoms with Crippen LogP contribution in [0.5, 0.6) is 0 Å². The van der Waals surface area contributed by atoms with Gasteiger partial charge in [-0.2, -0.15) is 35.1 Å². The molecule has 1 amide bonds. The van der Waals surface area contributed by atoms with Crippen LogP contribution in [0.3, 0.4) is 0 Å². The molecule has 1 saturated heterocycles. The fourth-order valence-corrected chi connectivity index (χ4v) is 4.96. The van der Waals surface area contributed by atoms with Crippen molar-refractivity contribution in [2.75, 3.05) is 13.1 Å². The fraction of sp³-hybridized carbons (Fsp3) is 0.650. The van der Waals surface area contributed by atoms with Gasteiger partial charge >= 0.3 is 23.7 Å². The highest BCUT2D eigenvalue weighted by molar-refractivity contribution is 5.79. The smallest absolute Gasteiger partial charge is 0.341 e. The van der Waals surface area contributed by atoms with Crippen molar-refractivity contribution in [1.82, 2.24) is 4.90 Å². The number of alkyl halides is 8. The predicted octanol–water partition coefficient (Wildman–Crippen LogP) is 4.81. The minimum Gasteiger partial charge on any atom is -0.341 e. The molecule has 0 spiro atoms. The molecule has 10 heteroatoms. The monoisotopic (exact) mass is 441 g/mol. The summed E-state index contributed by atoms with van der Waals surface area (Å²) in [6.07, 6.45) is 1.69. The van der Waals surface area contributed by atoms with Crippen molar-refractivity contribution in [2.24, 2.45) is 17.8 Å². The van der Waals surface area contributed by atoms with Crippen LogP contribution >= 0.6 is 0 Å². The van der Waals surface area contributed by atoms with E-state index in [0.717, 1.165) is 11.1 Å². The number of halogens is 8. The van der Waals surface area contributed by atoms with E-state index in [4.69, 9.17) is 0 Å². The Balaban J connectivity index is 1.57. The van der Waals surface area contributed by atoms with Crippen LogP contribution in [-0.2, 0) is 17.6 Å². The second-order valence-corrected chi connectivity index (χ2v) is 8.39. The number of hydrogen-bond acceptors (Lipinski definition) is 1. The minimum absolute atomic E-state index is 0.334. The van der Waals surface area contributed by atoms with Gasteiger partial charge in [0.15, 0.2) is 0 Å². The van der Waals surface area contributed by atoms with Gasteiger partial charge in [-0.15, -0.1) is 0 Å². The molecule has 0 bridgehead atoms. The predicted molar refractivity (Wildman–Crippen MR) is 89.9 cm³/mol. The molecule has 1 aromatic rings. The quantitative estimate of drug-likeness (QED) is 0.453. The summed E-state index contributed by atoms with van der Waals surface area (Å²) < 4.78 is 112. The van der Waals surface area contributed by atoms with Gasteiger partial charge in [0.1, 0.15) is 0 Å². The van der Waals surface area contributed by atoms with Crippen molar-refractivity contribution >= 4 is 5.91 Å². The molecule has 2 unspecified atom stereocenters. The summed E-state index contributed by atoms with van der Waals surface area (Å²) >= 11 is 0. The van der Waals surface area contributed by atoms with E-state index in [-0.39, 0.29) is 0 Å². The van der Waals surface area contributed by atoms with Crippen molar-refractivity contribution in [2.45, 2.75) is 49.4 Å². The second-order valence-electron chi connectivity index (χ2n) is 8.39. The van der Waals surface area contributed by atoms with Gasteiger partial charge < -0.3 is 4.90 Å². The molecule has 2 atom stereocenters. The highest BCUT2D eigenvalue weighted by Crippen LogP contribution is 2.65. The van der Waals surface area contributed by atoms with Crippen LogP contribution < -0.4 is 0 Å². The molecule has 4 rings (SSSR count).